The quantitative estimate of drug-likeness (QED) is 0.0983. The Labute approximate surface area is 386 Å². The number of anilines is 6. The van der Waals surface area contributed by atoms with Crippen LogP contribution in [-0.2, 0) is 0 Å². The number of hydrogen-bond acceptors (Lipinski definition) is 12. The molecule has 2 saturated heterocycles. The molecule has 10 rings (SSSR count). The Bertz CT molecular complexity index is 2900. The van der Waals surface area contributed by atoms with Gasteiger partial charge >= 0.3 is 0 Å². The van der Waals surface area contributed by atoms with Gasteiger partial charge in [0.2, 0.25) is 0 Å². The van der Waals surface area contributed by atoms with Gasteiger partial charge in [-0.05, 0) is 79.2 Å². The minimum Gasteiger partial charge on any atom is -0.354 e. The van der Waals surface area contributed by atoms with Crippen LogP contribution in [0.2, 0.25) is 0 Å². The number of nitrogens with one attached hydrogen (secondary N) is 4. The second kappa shape index (κ2) is 20.4. The molecule has 0 spiro atoms. The number of aryl methyl sites for hydroxylation is 2. The third-order valence-corrected chi connectivity index (χ3v) is 11.7. The average Bonchev–Trinajstić information content (AvgIpc) is 3.96. The predicted molar refractivity (Wildman–Crippen MR) is 270 cm³/mol. The van der Waals surface area contributed by atoms with Crippen molar-refractivity contribution in [1.82, 2.24) is 50.1 Å². The first-order valence-electron chi connectivity index (χ1n) is 22.5. The van der Waals surface area contributed by atoms with Gasteiger partial charge in [-0.25, -0.2) is 19.9 Å². The molecular weight excluding hydrogens is 821 g/mol. The zero-order valence-electron chi connectivity index (χ0n) is 38.0. The predicted octanol–water partition coefficient (Wildman–Crippen LogP) is 9.17. The van der Waals surface area contributed by atoms with Crippen LogP contribution in [0.4, 0.5) is 34.9 Å². The topological polar surface area (TPSA) is 146 Å². The molecule has 0 bridgehead atoms. The highest BCUT2D eigenvalue weighted by Crippen LogP contribution is 2.25. The molecule has 4 aromatic carbocycles. The summed E-state index contributed by atoms with van der Waals surface area (Å²) in [7, 11) is 4.31. The first-order valence-corrected chi connectivity index (χ1v) is 22.5. The van der Waals surface area contributed by atoms with Gasteiger partial charge in [-0.15, -0.1) is 0 Å². The molecule has 4 N–H and O–H groups in total. The second-order valence-corrected chi connectivity index (χ2v) is 16.9. The highest BCUT2D eigenvalue weighted by molar-refractivity contribution is 5.86. The molecule has 0 atom stereocenters. The van der Waals surface area contributed by atoms with Crippen molar-refractivity contribution in [3.05, 3.63) is 155 Å². The number of piperazine rings is 2. The summed E-state index contributed by atoms with van der Waals surface area (Å²) in [5.41, 5.74) is 6.63. The second-order valence-electron chi connectivity index (χ2n) is 16.9. The first kappa shape index (κ1) is 43.6. The van der Waals surface area contributed by atoms with E-state index in [0.717, 1.165) is 110 Å². The minimum atomic E-state index is 0.665. The Morgan fingerprint density at radius 3 is 1.42 bits per heavy atom. The van der Waals surface area contributed by atoms with Crippen molar-refractivity contribution in [2.45, 2.75) is 13.8 Å². The van der Waals surface area contributed by atoms with Gasteiger partial charge in [-0.2, -0.15) is 10.2 Å². The van der Waals surface area contributed by atoms with Crippen LogP contribution in [-0.4, -0.2) is 117 Å². The Kier molecular flexibility index (Phi) is 13.5. The largest absolute Gasteiger partial charge is 0.354 e. The Morgan fingerprint density at radius 2 is 0.909 bits per heavy atom. The molecule has 6 heterocycles. The number of hydrogen-bond donors (Lipinski definition) is 4. The highest BCUT2D eigenvalue weighted by Gasteiger charge is 2.19. The molecule has 66 heavy (non-hydrogen) atoms. The van der Waals surface area contributed by atoms with E-state index in [4.69, 9.17) is 19.9 Å². The summed E-state index contributed by atoms with van der Waals surface area (Å²) in [6, 6.07) is 41.7. The molecule has 4 aromatic heterocycles. The molecule has 14 nitrogen and oxygen atoms in total. The normalized spacial score (nSPS) is 14.8. The number of aromatic amines is 2. The van der Waals surface area contributed by atoms with E-state index in [0.29, 0.717) is 11.6 Å². The molecule has 0 radical (unpaired) electrons. The van der Waals surface area contributed by atoms with Crippen LogP contribution in [0.3, 0.4) is 0 Å². The van der Waals surface area contributed by atoms with Crippen LogP contribution in [0, 0.1) is 13.8 Å². The van der Waals surface area contributed by atoms with E-state index in [-0.39, 0.29) is 0 Å². The Balaban J connectivity index is 0.000000166. The summed E-state index contributed by atoms with van der Waals surface area (Å²) in [5, 5.41) is 23.6. The molecule has 8 aromatic rings. The summed E-state index contributed by atoms with van der Waals surface area (Å²) in [6.45, 7) is 11.8. The van der Waals surface area contributed by atoms with E-state index >= 15 is 0 Å². The van der Waals surface area contributed by atoms with Crippen molar-refractivity contribution in [3.8, 4) is 11.1 Å². The molecule has 2 aliphatic rings. The van der Waals surface area contributed by atoms with E-state index < -0.39 is 0 Å². The Hall–Kier alpha value is -7.68. The number of rotatable bonds is 11. The van der Waals surface area contributed by atoms with Crippen molar-refractivity contribution in [3.63, 3.8) is 0 Å². The van der Waals surface area contributed by atoms with Gasteiger partial charge < -0.3 is 30.2 Å². The lowest BCUT2D eigenvalue weighted by Crippen LogP contribution is -2.44. The number of aromatic nitrogens is 8. The number of likely N-dealkylation sites (N-methyl/N-ethyl adjacent to an activating group) is 2. The van der Waals surface area contributed by atoms with Crippen molar-refractivity contribution in [1.29, 1.82) is 0 Å². The molecule has 2 fully saturated rings. The van der Waals surface area contributed by atoms with Crippen LogP contribution in [0.15, 0.2) is 121 Å². The fourth-order valence-electron chi connectivity index (χ4n) is 7.87. The fraction of sp³-hybridized carbons (Fsp3) is 0.231. The SMILES string of the molecule is Cc1cc(Nc2cc(N3CCN(C)CC3)nc(/C=C/c3ccc(-c4ccccc4)cc3)n2)n[nH]1.Cc1cc(Nc2cc(N3CCN(C)CC3)nc(/C=C/c3ccc4ccccc4c3)n2)n[nH]1. The maximum Gasteiger partial charge on any atom is 0.156 e. The minimum absolute atomic E-state index is 0.665. The van der Waals surface area contributed by atoms with E-state index in [2.05, 4.69) is 168 Å². The summed E-state index contributed by atoms with van der Waals surface area (Å²) >= 11 is 0. The van der Waals surface area contributed by atoms with Crippen LogP contribution in [0.5, 0.6) is 0 Å². The van der Waals surface area contributed by atoms with Gasteiger partial charge in [0.05, 0.1) is 0 Å². The van der Waals surface area contributed by atoms with Crippen LogP contribution in [0.1, 0.15) is 34.2 Å². The van der Waals surface area contributed by atoms with Gasteiger partial charge in [0.15, 0.2) is 23.3 Å². The highest BCUT2D eigenvalue weighted by atomic mass is 15.3. The third-order valence-electron chi connectivity index (χ3n) is 11.7. The lowest BCUT2D eigenvalue weighted by Gasteiger charge is -2.33. The summed E-state index contributed by atoms with van der Waals surface area (Å²) in [5.74, 6) is 6.15. The van der Waals surface area contributed by atoms with Crippen molar-refractivity contribution in [2.75, 3.05) is 86.9 Å². The summed E-state index contributed by atoms with van der Waals surface area (Å²) in [6.07, 6.45) is 8.07. The standard InChI is InChI=1S/C27H29N7.C25H27N7/c1-20-18-26(32-31-20)29-25-19-27(34-16-14-33(2)15-17-34)30-24(28-25)13-10-21-8-11-23(12-9-21)22-6-4-3-5-7-22;1-18-15-24(30-29-18)27-23-17-25(32-13-11-31(2)12-14-32)28-22(26-23)10-8-19-7-9-20-5-3-4-6-21(20)16-19/h3-13,18-19H,14-17H2,1-2H3,(H2,28,29,30,31,32);3-10,15-17H,11-14H2,1-2H3,(H2,26,27,28,29,30)/b13-10+;10-8+. The molecule has 0 aliphatic carbocycles. The van der Waals surface area contributed by atoms with Gasteiger partial charge in [0.1, 0.15) is 23.3 Å². The molecule has 334 valence electrons. The van der Waals surface area contributed by atoms with Crippen LogP contribution >= 0.6 is 0 Å². The molecule has 2 aliphatic heterocycles. The van der Waals surface area contributed by atoms with Crippen molar-refractivity contribution in [2.24, 2.45) is 0 Å². The smallest absolute Gasteiger partial charge is 0.156 e. The third kappa shape index (κ3) is 11.5. The number of benzene rings is 4. The number of H-pyrrole nitrogens is 2. The Morgan fingerprint density at radius 1 is 0.439 bits per heavy atom. The van der Waals surface area contributed by atoms with E-state index in [9.17, 15) is 0 Å². The lowest BCUT2D eigenvalue weighted by molar-refractivity contribution is 0.312. The lowest BCUT2D eigenvalue weighted by atomic mass is 10.0. The number of fused-ring (bicyclic) bond motifs is 1. The van der Waals surface area contributed by atoms with Gasteiger partial charge in [0.25, 0.3) is 0 Å². The van der Waals surface area contributed by atoms with Crippen LogP contribution < -0.4 is 20.4 Å². The number of nitrogens with zero attached hydrogens (tertiary/aromatic N) is 10. The zero-order chi connectivity index (χ0) is 45.2. The van der Waals surface area contributed by atoms with Crippen molar-refractivity contribution < 1.29 is 0 Å². The van der Waals surface area contributed by atoms with E-state index in [1.165, 1.54) is 21.9 Å². The van der Waals surface area contributed by atoms with Gasteiger partial charge in [0, 0.05) is 88.0 Å². The molecular formula is C52H56N14. The van der Waals surface area contributed by atoms with Gasteiger partial charge in [-0.1, -0.05) is 103 Å². The van der Waals surface area contributed by atoms with Crippen LogP contribution in [0.25, 0.3) is 46.2 Å². The van der Waals surface area contributed by atoms with Crippen molar-refractivity contribution >= 4 is 70.0 Å². The fourth-order valence-corrected chi connectivity index (χ4v) is 7.87. The zero-order valence-corrected chi connectivity index (χ0v) is 38.0. The molecule has 0 saturated carbocycles. The molecule has 0 amide bonds. The average molecular weight is 877 g/mol. The summed E-state index contributed by atoms with van der Waals surface area (Å²) in [4.78, 5) is 28.5. The first-order chi connectivity index (χ1) is 32.2. The van der Waals surface area contributed by atoms with E-state index in [1.54, 1.807) is 0 Å². The maximum atomic E-state index is 4.85. The van der Waals surface area contributed by atoms with Gasteiger partial charge in [-0.3, -0.25) is 10.2 Å². The maximum absolute atomic E-state index is 4.85. The monoisotopic (exact) mass is 876 g/mol. The molecule has 14 heteroatoms. The summed E-state index contributed by atoms with van der Waals surface area (Å²) < 4.78 is 0. The molecule has 0 unspecified atom stereocenters. The van der Waals surface area contributed by atoms with E-state index in [1.807, 2.05) is 56.3 Å².